The molecule has 106 valence electrons. The number of nitrogens with one attached hydrogen (secondary N) is 1. The number of nitrogens with zero attached hydrogens (tertiary/aromatic N) is 1. The Bertz CT molecular complexity index is 513. The highest BCUT2D eigenvalue weighted by atomic mass is 32.2. The molecule has 3 N–H and O–H groups in total. The van der Waals surface area contributed by atoms with E-state index in [9.17, 15) is 8.42 Å². The van der Waals surface area contributed by atoms with Crippen molar-refractivity contribution in [3.8, 4) is 0 Å². The molecular weight excluding hydrogens is 262 g/mol. The SMILES string of the molecule is CNS(=O)(=O)c1ccc(N2CCCCC2CN)cc1. The number of hydrogen-bond acceptors (Lipinski definition) is 4. The lowest BCUT2D eigenvalue weighted by molar-refractivity contribution is 0.465. The molecule has 0 aromatic heterocycles. The summed E-state index contributed by atoms with van der Waals surface area (Å²) in [7, 11) is -1.94. The van der Waals surface area contributed by atoms with E-state index in [1.807, 2.05) is 12.1 Å². The highest BCUT2D eigenvalue weighted by Gasteiger charge is 2.21. The molecular formula is C13H21N3O2S. The van der Waals surface area contributed by atoms with Crippen LogP contribution in [0.3, 0.4) is 0 Å². The van der Waals surface area contributed by atoms with Gasteiger partial charge in [-0.25, -0.2) is 13.1 Å². The second kappa shape index (κ2) is 5.90. The lowest BCUT2D eigenvalue weighted by atomic mass is 10.0. The third-order valence-corrected chi connectivity index (χ3v) is 5.08. The molecule has 2 rings (SSSR count). The van der Waals surface area contributed by atoms with Gasteiger partial charge < -0.3 is 10.6 Å². The minimum Gasteiger partial charge on any atom is -0.367 e. The van der Waals surface area contributed by atoms with Crippen molar-refractivity contribution >= 4 is 15.7 Å². The normalized spacial score (nSPS) is 20.5. The van der Waals surface area contributed by atoms with E-state index in [-0.39, 0.29) is 0 Å². The average Bonchev–Trinajstić information content (AvgIpc) is 2.47. The van der Waals surface area contributed by atoms with Gasteiger partial charge in [0.15, 0.2) is 0 Å². The molecule has 1 unspecified atom stereocenters. The zero-order chi connectivity index (χ0) is 13.9. The third kappa shape index (κ3) is 3.08. The van der Waals surface area contributed by atoms with Crippen molar-refractivity contribution in [3.63, 3.8) is 0 Å². The number of hydrogen-bond donors (Lipinski definition) is 2. The first-order chi connectivity index (χ1) is 9.08. The molecule has 0 bridgehead atoms. The van der Waals surface area contributed by atoms with Crippen LogP contribution < -0.4 is 15.4 Å². The fourth-order valence-electron chi connectivity index (χ4n) is 2.52. The van der Waals surface area contributed by atoms with Crippen molar-refractivity contribution in [2.24, 2.45) is 5.73 Å². The van der Waals surface area contributed by atoms with Crippen LogP contribution >= 0.6 is 0 Å². The van der Waals surface area contributed by atoms with E-state index in [2.05, 4.69) is 9.62 Å². The van der Waals surface area contributed by atoms with Crippen molar-refractivity contribution in [2.75, 3.05) is 25.0 Å². The monoisotopic (exact) mass is 283 g/mol. The Morgan fingerprint density at radius 2 is 2.00 bits per heavy atom. The average molecular weight is 283 g/mol. The van der Waals surface area contributed by atoms with Crippen LogP contribution in [0.25, 0.3) is 0 Å². The minimum atomic E-state index is -3.36. The zero-order valence-corrected chi connectivity index (χ0v) is 12.0. The summed E-state index contributed by atoms with van der Waals surface area (Å²) in [4.78, 5) is 2.57. The topological polar surface area (TPSA) is 75.4 Å². The van der Waals surface area contributed by atoms with Crippen molar-refractivity contribution in [1.82, 2.24) is 4.72 Å². The maximum atomic E-state index is 11.7. The zero-order valence-electron chi connectivity index (χ0n) is 11.2. The maximum Gasteiger partial charge on any atom is 0.240 e. The van der Waals surface area contributed by atoms with Crippen molar-refractivity contribution in [1.29, 1.82) is 0 Å². The van der Waals surface area contributed by atoms with E-state index in [1.165, 1.54) is 13.5 Å². The van der Waals surface area contributed by atoms with Crippen molar-refractivity contribution in [3.05, 3.63) is 24.3 Å². The van der Waals surface area contributed by atoms with E-state index in [0.29, 0.717) is 17.5 Å². The summed E-state index contributed by atoms with van der Waals surface area (Å²) in [6, 6.07) is 7.36. The molecule has 0 aliphatic carbocycles. The van der Waals surface area contributed by atoms with E-state index >= 15 is 0 Å². The van der Waals surface area contributed by atoms with Crippen LogP contribution in [0.2, 0.25) is 0 Å². The van der Waals surface area contributed by atoms with Crippen LogP contribution in [0, 0.1) is 0 Å². The number of piperidine rings is 1. The van der Waals surface area contributed by atoms with Crippen molar-refractivity contribution < 1.29 is 8.42 Å². The Morgan fingerprint density at radius 3 is 2.58 bits per heavy atom. The predicted molar refractivity (Wildman–Crippen MR) is 76.7 cm³/mol. The van der Waals surface area contributed by atoms with Gasteiger partial charge in [0, 0.05) is 24.8 Å². The molecule has 1 aromatic carbocycles. The molecule has 0 saturated carbocycles. The van der Waals surface area contributed by atoms with E-state index in [1.54, 1.807) is 12.1 Å². The molecule has 1 saturated heterocycles. The number of anilines is 1. The van der Waals surface area contributed by atoms with Gasteiger partial charge in [-0.3, -0.25) is 0 Å². The summed E-state index contributed by atoms with van der Waals surface area (Å²) < 4.78 is 25.6. The summed E-state index contributed by atoms with van der Waals surface area (Å²) in [5.74, 6) is 0. The molecule has 5 nitrogen and oxygen atoms in total. The van der Waals surface area contributed by atoms with Gasteiger partial charge in [0.1, 0.15) is 0 Å². The molecule has 0 spiro atoms. The smallest absolute Gasteiger partial charge is 0.240 e. The summed E-state index contributed by atoms with van der Waals surface area (Å²) in [6.45, 7) is 1.62. The van der Waals surface area contributed by atoms with Gasteiger partial charge in [0.2, 0.25) is 10.0 Å². The molecule has 1 heterocycles. The summed E-state index contributed by atoms with van der Waals surface area (Å²) in [6.07, 6.45) is 3.48. The summed E-state index contributed by atoms with van der Waals surface area (Å²) in [5.41, 5.74) is 6.85. The van der Waals surface area contributed by atoms with Gasteiger partial charge in [-0.2, -0.15) is 0 Å². The van der Waals surface area contributed by atoms with Crippen LogP contribution in [0.5, 0.6) is 0 Å². The van der Waals surface area contributed by atoms with Crippen molar-refractivity contribution in [2.45, 2.75) is 30.2 Å². The minimum absolute atomic E-state index is 0.292. The quantitative estimate of drug-likeness (QED) is 0.861. The third-order valence-electron chi connectivity index (χ3n) is 3.65. The Hall–Kier alpha value is -1.11. The van der Waals surface area contributed by atoms with Gasteiger partial charge in [0.05, 0.1) is 4.90 Å². The number of rotatable bonds is 4. The molecule has 0 radical (unpaired) electrons. The van der Waals surface area contributed by atoms with Gasteiger partial charge in [-0.1, -0.05) is 0 Å². The highest BCUT2D eigenvalue weighted by molar-refractivity contribution is 7.89. The van der Waals surface area contributed by atoms with Crippen LogP contribution in [-0.4, -0.2) is 34.6 Å². The maximum absolute atomic E-state index is 11.7. The van der Waals surface area contributed by atoms with Gasteiger partial charge >= 0.3 is 0 Å². The van der Waals surface area contributed by atoms with E-state index < -0.39 is 10.0 Å². The van der Waals surface area contributed by atoms with Gasteiger partial charge in [0.25, 0.3) is 0 Å². The molecule has 0 amide bonds. The Balaban J connectivity index is 2.22. The van der Waals surface area contributed by atoms with Crippen LogP contribution in [0.15, 0.2) is 29.2 Å². The largest absolute Gasteiger partial charge is 0.367 e. The first-order valence-electron chi connectivity index (χ1n) is 6.59. The molecule has 1 aromatic rings. The van der Waals surface area contributed by atoms with Crippen LogP contribution in [-0.2, 0) is 10.0 Å². The summed E-state index contributed by atoms with van der Waals surface area (Å²) >= 11 is 0. The predicted octanol–water partition coefficient (Wildman–Crippen LogP) is 0.912. The Morgan fingerprint density at radius 1 is 1.32 bits per heavy atom. The molecule has 19 heavy (non-hydrogen) atoms. The number of sulfonamides is 1. The molecule has 1 aliphatic heterocycles. The van der Waals surface area contributed by atoms with E-state index in [4.69, 9.17) is 5.73 Å². The lowest BCUT2D eigenvalue weighted by Crippen LogP contribution is -2.44. The van der Waals surface area contributed by atoms with Gasteiger partial charge in [-0.05, 0) is 50.6 Å². The standard InChI is InChI=1S/C13H21N3O2S/c1-15-19(17,18)13-7-5-11(6-8-13)16-9-3-2-4-12(16)10-14/h5-8,12,15H,2-4,9-10,14H2,1H3. The second-order valence-electron chi connectivity index (χ2n) is 4.78. The van der Waals surface area contributed by atoms with Gasteiger partial charge in [-0.15, -0.1) is 0 Å². The first kappa shape index (κ1) is 14.3. The van der Waals surface area contributed by atoms with Crippen LogP contribution in [0.1, 0.15) is 19.3 Å². The number of benzene rings is 1. The molecule has 1 aliphatic rings. The highest BCUT2D eigenvalue weighted by Crippen LogP contribution is 2.25. The molecule has 1 atom stereocenters. The Labute approximate surface area is 114 Å². The molecule has 6 heteroatoms. The first-order valence-corrected chi connectivity index (χ1v) is 8.07. The fourth-order valence-corrected chi connectivity index (χ4v) is 3.25. The lowest BCUT2D eigenvalue weighted by Gasteiger charge is -2.37. The number of nitrogens with two attached hydrogens (primary N) is 1. The fraction of sp³-hybridized carbons (Fsp3) is 0.538. The summed E-state index contributed by atoms with van der Waals surface area (Å²) in [5, 5.41) is 0. The van der Waals surface area contributed by atoms with Crippen LogP contribution in [0.4, 0.5) is 5.69 Å². The van der Waals surface area contributed by atoms with E-state index in [0.717, 1.165) is 25.1 Å². The molecule has 1 fully saturated rings. The Kier molecular flexibility index (Phi) is 4.44. The second-order valence-corrected chi connectivity index (χ2v) is 6.67.